The van der Waals surface area contributed by atoms with Gasteiger partial charge in [0, 0.05) is 0 Å². The summed E-state index contributed by atoms with van der Waals surface area (Å²) < 4.78 is 0. The largest absolute Gasteiger partial charge is 0.330 e. The summed E-state index contributed by atoms with van der Waals surface area (Å²) in [6.07, 6.45) is 6.26. The molecule has 0 heterocycles. The van der Waals surface area contributed by atoms with Crippen LogP contribution < -0.4 is 5.73 Å². The zero-order valence-corrected chi connectivity index (χ0v) is 6.84. The Morgan fingerprint density at radius 3 is 2.56 bits per heavy atom. The van der Waals surface area contributed by atoms with Crippen molar-refractivity contribution >= 4 is 11.8 Å². The van der Waals surface area contributed by atoms with E-state index in [1.807, 2.05) is 11.8 Å². The lowest BCUT2D eigenvalue weighted by atomic mass is 10.1. The summed E-state index contributed by atoms with van der Waals surface area (Å²) in [7, 11) is 0. The van der Waals surface area contributed by atoms with Gasteiger partial charge >= 0.3 is 0 Å². The average Bonchev–Trinajstić information content (AvgIpc) is 2.51. The van der Waals surface area contributed by atoms with E-state index in [0.29, 0.717) is 5.41 Å². The van der Waals surface area contributed by atoms with Crippen LogP contribution in [-0.4, -0.2) is 18.6 Å². The molecular weight excluding hydrogens is 130 g/mol. The first-order chi connectivity index (χ1) is 4.33. The molecule has 2 N–H and O–H groups in total. The molecule has 0 saturated heterocycles. The number of nitrogens with two attached hydrogens (primary N) is 1. The van der Waals surface area contributed by atoms with Gasteiger partial charge in [0.1, 0.15) is 0 Å². The minimum absolute atomic E-state index is 0.689. The first-order valence-corrected chi connectivity index (χ1v) is 4.91. The van der Waals surface area contributed by atoms with Crippen molar-refractivity contribution in [1.29, 1.82) is 0 Å². The average molecular weight is 145 g/mol. The van der Waals surface area contributed by atoms with Gasteiger partial charge in [-0.05, 0) is 43.2 Å². The summed E-state index contributed by atoms with van der Waals surface area (Å²) in [5, 5.41) is 0. The van der Waals surface area contributed by atoms with Gasteiger partial charge in [0.15, 0.2) is 0 Å². The molecule has 0 aromatic rings. The van der Waals surface area contributed by atoms with E-state index in [4.69, 9.17) is 5.73 Å². The van der Waals surface area contributed by atoms with Crippen LogP contribution in [0.5, 0.6) is 0 Å². The molecule has 0 spiro atoms. The fourth-order valence-electron chi connectivity index (χ4n) is 1.26. The van der Waals surface area contributed by atoms with Crippen LogP contribution in [0.1, 0.15) is 19.3 Å². The maximum Gasteiger partial charge on any atom is -0.00131 e. The number of hydrogen-bond acceptors (Lipinski definition) is 2. The number of hydrogen-bond donors (Lipinski definition) is 1. The predicted molar refractivity (Wildman–Crippen MR) is 43.7 cm³/mol. The van der Waals surface area contributed by atoms with E-state index in [0.717, 1.165) is 6.54 Å². The lowest BCUT2D eigenvalue weighted by molar-refractivity contribution is 0.538. The van der Waals surface area contributed by atoms with Gasteiger partial charge in [0.25, 0.3) is 0 Å². The summed E-state index contributed by atoms with van der Waals surface area (Å²) >= 11 is 1.96. The van der Waals surface area contributed by atoms with Gasteiger partial charge in [-0.3, -0.25) is 0 Å². The summed E-state index contributed by atoms with van der Waals surface area (Å²) in [6.45, 7) is 0.876. The van der Waals surface area contributed by atoms with E-state index in [1.54, 1.807) is 0 Å². The SMILES string of the molecule is CSCC1(CCN)CC1. The molecule has 0 aliphatic heterocycles. The molecular formula is C7H15NS. The molecule has 0 bridgehead atoms. The smallest absolute Gasteiger partial charge is 0.00131 e. The molecule has 1 aliphatic rings. The Balaban J connectivity index is 2.17. The third kappa shape index (κ3) is 1.87. The fraction of sp³-hybridized carbons (Fsp3) is 1.00. The molecule has 1 nitrogen and oxygen atoms in total. The van der Waals surface area contributed by atoms with Gasteiger partial charge in [-0.25, -0.2) is 0 Å². The Bertz CT molecular complexity index is 80.9. The molecule has 54 valence electrons. The molecule has 0 aromatic heterocycles. The van der Waals surface area contributed by atoms with Gasteiger partial charge in [-0.2, -0.15) is 11.8 Å². The normalized spacial score (nSPS) is 22.0. The minimum atomic E-state index is 0.689. The molecule has 0 atom stereocenters. The summed E-state index contributed by atoms with van der Waals surface area (Å²) in [5.74, 6) is 1.32. The highest BCUT2D eigenvalue weighted by Gasteiger charge is 2.40. The van der Waals surface area contributed by atoms with Gasteiger partial charge in [0.05, 0.1) is 0 Å². The monoisotopic (exact) mass is 145 g/mol. The van der Waals surface area contributed by atoms with Crippen LogP contribution >= 0.6 is 11.8 Å². The first-order valence-electron chi connectivity index (χ1n) is 3.52. The van der Waals surface area contributed by atoms with Gasteiger partial charge < -0.3 is 5.73 Å². The van der Waals surface area contributed by atoms with Crippen molar-refractivity contribution < 1.29 is 0 Å². The highest BCUT2D eigenvalue weighted by molar-refractivity contribution is 7.98. The molecule has 0 radical (unpaired) electrons. The van der Waals surface area contributed by atoms with Crippen molar-refractivity contribution in [3.8, 4) is 0 Å². The summed E-state index contributed by atoms with van der Waals surface area (Å²) in [6, 6.07) is 0. The van der Waals surface area contributed by atoms with E-state index < -0.39 is 0 Å². The van der Waals surface area contributed by atoms with Crippen molar-refractivity contribution in [2.45, 2.75) is 19.3 Å². The first kappa shape index (κ1) is 7.42. The van der Waals surface area contributed by atoms with Crippen LogP contribution in [0.4, 0.5) is 0 Å². The van der Waals surface area contributed by atoms with Gasteiger partial charge in [-0.1, -0.05) is 0 Å². The predicted octanol–water partition coefficient (Wildman–Crippen LogP) is 1.48. The summed E-state index contributed by atoms with van der Waals surface area (Å²) in [5.41, 5.74) is 6.16. The van der Waals surface area contributed by atoms with Crippen LogP contribution in [-0.2, 0) is 0 Å². The standard InChI is InChI=1S/C7H15NS/c1-9-6-7(2-3-7)4-5-8/h2-6,8H2,1H3. The lowest BCUT2D eigenvalue weighted by Gasteiger charge is -2.10. The Hall–Kier alpha value is 0.310. The number of thioether (sulfide) groups is 1. The molecule has 0 amide bonds. The van der Waals surface area contributed by atoms with Crippen molar-refractivity contribution in [1.82, 2.24) is 0 Å². The second-order valence-corrected chi connectivity index (χ2v) is 3.84. The van der Waals surface area contributed by atoms with Crippen LogP contribution in [0.3, 0.4) is 0 Å². The molecule has 0 unspecified atom stereocenters. The molecule has 1 fully saturated rings. The van der Waals surface area contributed by atoms with Crippen LogP contribution in [0, 0.1) is 5.41 Å². The van der Waals surface area contributed by atoms with E-state index >= 15 is 0 Å². The van der Waals surface area contributed by atoms with Crippen LogP contribution in [0.2, 0.25) is 0 Å². The van der Waals surface area contributed by atoms with E-state index in [9.17, 15) is 0 Å². The second kappa shape index (κ2) is 2.93. The Labute approximate surface area is 61.4 Å². The van der Waals surface area contributed by atoms with Crippen molar-refractivity contribution in [3.05, 3.63) is 0 Å². The van der Waals surface area contributed by atoms with E-state index in [2.05, 4.69) is 6.26 Å². The molecule has 9 heavy (non-hydrogen) atoms. The van der Waals surface area contributed by atoms with Crippen molar-refractivity contribution in [2.24, 2.45) is 11.1 Å². The minimum Gasteiger partial charge on any atom is -0.330 e. The maximum atomic E-state index is 5.48. The molecule has 0 aromatic carbocycles. The van der Waals surface area contributed by atoms with Crippen molar-refractivity contribution in [2.75, 3.05) is 18.6 Å². The van der Waals surface area contributed by atoms with Gasteiger partial charge in [-0.15, -0.1) is 0 Å². The highest BCUT2D eigenvalue weighted by atomic mass is 32.2. The molecule has 1 aliphatic carbocycles. The molecule has 1 rings (SSSR count). The number of rotatable bonds is 4. The quantitative estimate of drug-likeness (QED) is 0.648. The Kier molecular flexibility index (Phi) is 2.42. The zero-order chi connectivity index (χ0) is 6.74. The second-order valence-electron chi connectivity index (χ2n) is 2.97. The molecule has 2 heteroatoms. The van der Waals surface area contributed by atoms with Crippen LogP contribution in [0.25, 0.3) is 0 Å². The third-order valence-electron chi connectivity index (χ3n) is 2.08. The van der Waals surface area contributed by atoms with E-state index in [-0.39, 0.29) is 0 Å². The highest BCUT2D eigenvalue weighted by Crippen LogP contribution is 2.50. The maximum absolute atomic E-state index is 5.48. The third-order valence-corrected chi connectivity index (χ3v) is 2.98. The van der Waals surface area contributed by atoms with Gasteiger partial charge in [0.2, 0.25) is 0 Å². The fourth-order valence-corrected chi connectivity index (χ4v) is 2.30. The summed E-state index contributed by atoms with van der Waals surface area (Å²) in [4.78, 5) is 0. The lowest BCUT2D eigenvalue weighted by Crippen LogP contribution is -2.11. The van der Waals surface area contributed by atoms with Crippen LogP contribution in [0.15, 0.2) is 0 Å². The Morgan fingerprint density at radius 2 is 2.22 bits per heavy atom. The zero-order valence-electron chi connectivity index (χ0n) is 6.02. The topological polar surface area (TPSA) is 26.0 Å². The van der Waals surface area contributed by atoms with E-state index in [1.165, 1.54) is 25.0 Å². The molecule has 1 saturated carbocycles. The Morgan fingerprint density at radius 1 is 1.56 bits per heavy atom. The van der Waals surface area contributed by atoms with Crippen molar-refractivity contribution in [3.63, 3.8) is 0 Å².